The summed E-state index contributed by atoms with van der Waals surface area (Å²) in [7, 11) is 0. The normalized spacial score (nSPS) is 11.8. The molecule has 0 atom stereocenters. The zero-order valence-corrected chi connectivity index (χ0v) is 10.3. The van der Waals surface area contributed by atoms with Crippen molar-refractivity contribution in [3.05, 3.63) is 36.0 Å². The lowest BCUT2D eigenvalue weighted by molar-refractivity contribution is 0.0544. The fourth-order valence-electron chi connectivity index (χ4n) is 1.62. The minimum atomic E-state index is -0.963. The first-order valence-corrected chi connectivity index (χ1v) is 5.48. The van der Waals surface area contributed by atoms with Gasteiger partial charge in [0, 0.05) is 11.6 Å². The van der Waals surface area contributed by atoms with Gasteiger partial charge in [-0.3, -0.25) is 4.57 Å². The van der Waals surface area contributed by atoms with Gasteiger partial charge in [-0.1, -0.05) is 0 Å². The van der Waals surface area contributed by atoms with Crippen LogP contribution in [0, 0.1) is 11.6 Å². The maximum Gasteiger partial charge on any atom is 0.418 e. The Bertz CT molecular complexity index is 611. The monoisotopic (exact) mass is 253 g/mol. The molecule has 2 aromatic rings. The summed E-state index contributed by atoms with van der Waals surface area (Å²) in [5.41, 5.74) is -0.366. The van der Waals surface area contributed by atoms with Gasteiger partial charge in [-0.05, 0) is 39.0 Å². The van der Waals surface area contributed by atoms with Crippen LogP contribution in [0.15, 0.2) is 24.4 Å². The molecule has 1 heterocycles. The van der Waals surface area contributed by atoms with Crippen molar-refractivity contribution in [2.24, 2.45) is 0 Å². The van der Waals surface area contributed by atoms with E-state index in [1.165, 1.54) is 18.3 Å². The molecule has 0 radical (unpaired) electrons. The largest absolute Gasteiger partial charge is 0.443 e. The van der Waals surface area contributed by atoms with E-state index in [-0.39, 0.29) is 10.9 Å². The molecule has 1 aromatic heterocycles. The summed E-state index contributed by atoms with van der Waals surface area (Å²) < 4.78 is 32.8. The molecule has 96 valence electrons. The minimum absolute atomic E-state index is 0.0564. The Morgan fingerprint density at radius 2 is 1.89 bits per heavy atom. The third-order valence-corrected chi connectivity index (χ3v) is 2.35. The Balaban J connectivity index is 2.48. The number of fused-ring (bicyclic) bond motifs is 1. The van der Waals surface area contributed by atoms with Gasteiger partial charge in [-0.2, -0.15) is 0 Å². The SMILES string of the molecule is CC(C)(C)OC(=O)n1ccc2c(F)c(F)ccc21. The number of hydrogen-bond donors (Lipinski definition) is 0. The number of ether oxygens (including phenoxy) is 1. The molecule has 0 aliphatic heterocycles. The molecule has 0 amide bonds. The number of aromatic nitrogens is 1. The molecular weight excluding hydrogens is 240 g/mol. The van der Waals surface area contributed by atoms with Crippen LogP contribution in [0.5, 0.6) is 0 Å². The fraction of sp³-hybridized carbons (Fsp3) is 0.308. The van der Waals surface area contributed by atoms with Crippen LogP contribution in [0.1, 0.15) is 20.8 Å². The molecule has 0 N–H and O–H groups in total. The van der Waals surface area contributed by atoms with Crippen LogP contribution >= 0.6 is 0 Å². The third-order valence-electron chi connectivity index (χ3n) is 2.35. The number of rotatable bonds is 0. The number of halogens is 2. The van der Waals surface area contributed by atoms with Gasteiger partial charge < -0.3 is 4.74 Å². The van der Waals surface area contributed by atoms with Crippen LogP contribution in [-0.4, -0.2) is 16.3 Å². The van der Waals surface area contributed by atoms with Crippen molar-refractivity contribution in [1.29, 1.82) is 0 Å². The van der Waals surface area contributed by atoms with Gasteiger partial charge in [0.05, 0.1) is 5.52 Å². The van der Waals surface area contributed by atoms with E-state index in [2.05, 4.69) is 0 Å². The number of hydrogen-bond acceptors (Lipinski definition) is 2. The Morgan fingerprint density at radius 1 is 1.22 bits per heavy atom. The molecule has 0 saturated carbocycles. The maximum absolute atomic E-state index is 13.5. The Labute approximate surface area is 103 Å². The molecule has 0 saturated heterocycles. The molecule has 0 fully saturated rings. The minimum Gasteiger partial charge on any atom is -0.443 e. The molecule has 18 heavy (non-hydrogen) atoms. The highest BCUT2D eigenvalue weighted by molar-refractivity contribution is 5.89. The average molecular weight is 253 g/mol. The van der Waals surface area contributed by atoms with Crippen LogP contribution in [0.3, 0.4) is 0 Å². The summed E-state index contributed by atoms with van der Waals surface area (Å²) in [4.78, 5) is 11.9. The Hall–Kier alpha value is -1.91. The van der Waals surface area contributed by atoms with E-state index in [4.69, 9.17) is 4.74 Å². The van der Waals surface area contributed by atoms with E-state index in [0.29, 0.717) is 0 Å². The first-order valence-electron chi connectivity index (χ1n) is 5.48. The van der Waals surface area contributed by atoms with Gasteiger partial charge in [0.25, 0.3) is 0 Å². The van der Waals surface area contributed by atoms with Crippen molar-refractivity contribution in [2.75, 3.05) is 0 Å². The predicted molar refractivity (Wildman–Crippen MR) is 63.5 cm³/mol. The molecule has 5 heteroatoms. The Morgan fingerprint density at radius 3 is 2.50 bits per heavy atom. The van der Waals surface area contributed by atoms with Gasteiger partial charge in [0.15, 0.2) is 11.6 Å². The van der Waals surface area contributed by atoms with Gasteiger partial charge >= 0.3 is 6.09 Å². The van der Waals surface area contributed by atoms with Crippen LogP contribution < -0.4 is 0 Å². The predicted octanol–water partition coefficient (Wildman–Crippen LogP) is 3.70. The maximum atomic E-state index is 13.5. The molecule has 2 rings (SSSR count). The second-order valence-corrected chi connectivity index (χ2v) is 4.96. The highest BCUT2D eigenvalue weighted by Gasteiger charge is 2.20. The molecule has 0 bridgehead atoms. The quantitative estimate of drug-likeness (QED) is 0.716. The summed E-state index contributed by atoms with van der Waals surface area (Å²) in [6, 6.07) is 3.67. The lowest BCUT2D eigenvalue weighted by Gasteiger charge is -2.19. The van der Waals surface area contributed by atoms with Crippen molar-refractivity contribution in [3.8, 4) is 0 Å². The molecule has 0 spiro atoms. The van der Waals surface area contributed by atoms with E-state index < -0.39 is 23.3 Å². The highest BCUT2D eigenvalue weighted by atomic mass is 19.2. The molecule has 3 nitrogen and oxygen atoms in total. The van der Waals surface area contributed by atoms with Crippen molar-refractivity contribution in [1.82, 2.24) is 4.57 Å². The Kier molecular flexibility index (Phi) is 2.84. The van der Waals surface area contributed by atoms with E-state index in [1.54, 1.807) is 20.8 Å². The van der Waals surface area contributed by atoms with Crippen molar-refractivity contribution >= 4 is 17.0 Å². The highest BCUT2D eigenvalue weighted by Crippen LogP contribution is 2.22. The van der Waals surface area contributed by atoms with Gasteiger partial charge in [0.1, 0.15) is 5.60 Å². The summed E-state index contributed by atoms with van der Waals surface area (Å²) in [6.45, 7) is 5.20. The summed E-state index contributed by atoms with van der Waals surface area (Å²) in [5.74, 6) is -1.90. The van der Waals surface area contributed by atoms with Crippen molar-refractivity contribution in [2.45, 2.75) is 26.4 Å². The number of benzene rings is 1. The second-order valence-electron chi connectivity index (χ2n) is 4.96. The van der Waals surface area contributed by atoms with Gasteiger partial charge in [-0.25, -0.2) is 13.6 Å². The second kappa shape index (κ2) is 4.08. The van der Waals surface area contributed by atoms with Gasteiger partial charge in [-0.15, -0.1) is 0 Å². The van der Waals surface area contributed by atoms with E-state index in [1.807, 2.05) is 0 Å². The van der Waals surface area contributed by atoms with Crippen LogP contribution in [0.4, 0.5) is 13.6 Å². The lowest BCUT2D eigenvalue weighted by atomic mass is 10.2. The van der Waals surface area contributed by atoms with Gasteiger partial charge in [0.2, 0.25) is 0 Å². The van der Waals surface area contributed by atoms with E-state index in [0.717, 1.165) is 10.6 Å². The summed E-state index contributed by atoms with van der Waals surface area (Å²) in [5, 5.41) is 0.0564. The zero-order valence-electron chi connectivity index (χ0n) is 10.3. The number of carbonyl (C=O) groups is 1. The molecule has 0 unspecified atom stereocenters. The summed E-state index contributed by atoms with van der Waals surface area (Å²) >= 11 is 0. The molecule has 0 aliphatic carbocycles. The van der Waals surface area contributed by atoms with Crippen LogP contribution in [-0.2, 0) is 4.74 Å². The zero-order chi connectivity index (χ0) is 13.5. The van der Waals surface area contributed by atoms with E-state index >= 15 is 0 Å². The third kappa shape index (κ3) is 2.20. The smallest absolute Gasteiger partial charge is 0.418 e. The number of nitrogens with zero attached hydrogens (tertiary/aromatic N) is 1. The summed E-state index contributed by atoms with van der Waals surface area (Å²) in [6.07, 6.45) is 0.741. The van der Waals surface area contributed by atoms with Crippen molar-refractivity contribution in [3.63, 3.8) is 0 Å². The molecule has 1 aromatic carbocycles. The topological polar surface area (TPSA) is 31.2 Å². The lowest BCUT2D eigenvalue weighted by Crippen LogP contribution is -2.26. The molecular formula is C13H13F2NO2. The van der Waals surface area contributed by atoms with Crippen LogP contribution in [0.25, 0.3) is 10.9 Å². The van der Waals surface area contributed by atoms with Crippen LogP contribution in [0.2, 0.25) is 0 Å². The first kappa shape index (κ1) is 12.5. The van der Waals surface area contributed by atoms with Crippen molar-refractivity contribution < 1.29 is 18.3 Å². The first-order chi connectivity index (χ1) is 8.29. The number of carbonyl (C=O) groups excluding carboxylic acids is 1. The standard InChI is InChI=1S/C13H13F2NO2/c1-13(2,3)18-12(17)16-7-6-8-10(16)5-4-9(14)11(8)15/h4-7H,1-3H3. The fourth-order valence-corrected chi connectivity index (χ4v) is 1.62. The molecule has 0 aliphatic rings. The average Bonchev–Trinajstić information content (AvgIpc) is 2.65. The van der Waals surface area contributed by atoms with E-state index in [9.17, 15) is 13.6 Å².